The second-order valence-electron chi connectivity index (χ2n) is 9.67. The first-order valence-electron chi connectivity index (χ1n) is 14.0. The minimum atomic E-state index is -1.01. The summed E-state index contributed by atoms with van der Waals surface area (Å²) in [5.41, 5.74) is 5.60. The molecule has 0 radical (unpaired) electrons. The van der Waals surface area contributed by atoms with E-state index in [1.165, 1.54) is 57.8 Å². The first-order valence-corrected chi connectivity index (χ1v) is 14.9. The zero-order chi connectivity index (χ0) is 27.7. The number of aromatic nitrogens is 1. The molecule has 0 bridgehead atoms. The van der Waals surface area contributed by atoms with Crippen LogP contribution in [0.5, 0.6) is 5.75 Å². The molecule has 0 spiro atoms. The van der Waals surface area contributed by atoms with Crippen molar-refractivity contribution in [2.24, 2.45) is 0 Å². The Hall–Kier alpha value is -3.45. The van der Waals surface area contributed by atoms with E-state index in [0.29, 0.717) is 5.75 Å². The van der Waals surface area contributed by atoms with Gasteiger partial charge in [-0.2, -0.15) is 0 Å². The summed E-state index contributed by atoms with van der Waals surface area (Å²) in [5, 5.41) is 11.7. The van der Waals surface area contributed by atoms with Crippen molar-refractivity contribution in [3.8, 4) is 27.4 Å². The van der Waals surface area contributed by atoms with Crippen LogP contribution in [0.4, 0.5) is 0 Å². The third-order valence-corrected chi connectivity index (χ3v) is 7.36. The molecule has 0 saturated carbocycles. The molecule has 6 nitrogen and oxygen atoms in total. The third kappa shape index (κ3) is 11.1. The Kier molecular flexibility index (Phi) is 13.3. The van der Waals surface area contributed by atoms with E-state index in [1.54, 1.807) is 29.5 Å². The fourth-order valence-electron chi connectivity index (χ4n) is 4.31. The Bertz CT molecular complexity index is 1170. The molecule has 39 heavy (non-hydrogen) atoms. The van der Waals surface area contributed by atoms with Gasteiger partial charge in [0.25, 0.3) is 0 Å². The molecule has 1 aromatic heterocycles. The molecule has 3 aromatic rings. The van der Waals surface area contributed by atoms with Gasteiger partial charge in [-0.25, -0.2) is 9.78 Å². The number of ether oxygens (including phenoxy) is 1. The van der Waals surface area contributed by atoms with Crippen LogP contribution in [0.3, 0.4) is 0 Å². The number of thiazole rings is 1. The number of nitrogens with zero attached hydrogens (tertiary/aromatic N) is 1. The fourth-order valence-corrected chi connectivity index (χ4v) is 5.13. The van der Waals surface area contributed by atoms with Gasteiger partial charge in [0, 0.05) is 18.2 Å². The smallest absolute Gasteiger partial charge is 0.341 e. The van der Waals surface area contributed by atoms with Gasteiger partial charge in [0.15, 0.2) is 6.61 Å². The predicted octanol–water partition coefficient (Wildman–Crippen LogP) is 7.99. The molecule has 0 unspecified atom stereocenters. The van der Waals surface area contributed by atoms with Crippen LogP contribution in [0.2, 0.25) is 0 Å². The lowest BCUT2D eigenvalue weighted by Gasteiger charge is -2.06. The summed E-state index contributed by atoms with van der Waals surface area (Å²) in [6.45, 7) is 2.60. The lowest BCUT2D eigenvalue weighted by Crippen LogP contribution is -2.21. The van der Waals surface area contributed by atoms with Crippen LogP contribution < -0.4 is 10.1 Å². The van der Waals surface area contributed by atoms with Crippen molar-refractivity contribution in [2.45, 2.75) is 71.1 Å². The summed E-state index contributed by atoms with van der Waals surface area (Å²) < 4.78 is 5.21. The fraction of sp³-hybridized carbons (Fsp3) is 0.406. The van der Waals surface area contributed by atoms with Crippen LogP contribution in [-0.2, 0) is 9.59 Å². The number of hydrogen-bond donors (Lipinski definition) is 2. The highest BCUT2D eigenvalue weighted by molar-refractivity contribution is 7.13. The van der Waals surface area contributed by atoms with E-state index in [2.05, 4.69) is 17.2 Å². The molecule has 0 atom stereocenters. The molecule has 3 rings (SSSR count). The lowest BCUT2D eigenvalue weighted by atomic mass is 10.0. The third-order valence-electron chi connectivity index (χ3n) is 6.49. The maximum absolute atomic E-state index is 12.2. The second kappa shape index (κ2) is 17.2. The van der Waals surface area contributed by atoms with E-state index in [1.807, 2.05) is 48.0 Å². The van der Waals surface area contributed by atoms with Crippen LogP contribution in [0.15, 0.2) is 60.1 Å². The highest BCUT2D eigenvalue weighted by atomic mass is 32.1. The molecule has 1 amide bonds. The minimum absolute atomic E-state index is 0.0597. The number of carbonyl (C=O) groups excluding carboxylic acids is 1. The molecule has 7 heteroatoms. The van der Waals surface area contributed by atoms with Gasteiger partial charge < -0.3 is 15.2 Å². The van der Waals surface area contributed by atoms with Crippen LogP contribution in [-0.4, -0.2) is 35.1 Å². The van der Waals surface area contributed by atoms with Crippen molar-refractivity contribution in [1.82, 2.24) is 10.3 Å². The van der Waals surface area contributed by atoms with Gasteiger partial charge in [-0.1, -0.05) is 89.0 Å². The highest BCUT2D eigenvalue weighted by Gasteiger charge is 2.11. The molecule has 208 valence electrons. The SMILES string of the molecule is CCCCCCCCCCCCNC(=O)/C=C/c1ccc(-c2scnc2-c2ccc(OCC(=O)O)cc2)cc1. The second-order valence-corrected chi connectivity index (χ2v) is 10.5. The monoisotopic (exact) mass is 548 g/mol. The van der Waals surface area contributed by atoms with Crippen molar-refractivity contribution < 1.29 is 19.4 Å². The van der Waals surface area contributed by atoms with Gasteiger partial charge in [-0.15, -0.1) is 11.3 Å². The number of carbonyl (C=O) groups is 2. The normalized spacial score (nSPS) is 11.1. The van der Waals surface area contributed by atoms with Crippen molar-refractivity contribution in [2.75, 3.05) is 13.2 Å². The summed E-state index contributed by atoms with van der Waals surface area (Å²) in [7, 11) is 0. The molecular weight excluding hydrogens is 508 g/mol. The van der Waals surface area contributed by atoms with Gasteiger partial charge >= 0.3 is 5.97 Å². The summed E-state index contributed by atoms with van der Waals surface area (Å²) in [6.07, 6.45) is 16.3. The Labute approximate surface area is 236 Å². The molecule has 0 saturated heterocycles. The van der Waals surface area contributed by atoms with E-state index >= 15 is 0 Å². The van der Waals surface area contributed by atoms with Gasteiger partial charge in [-0.05, 0) is 47.9 Å². The average molecular weight is 549 g/mol. The molecular formula is C32H40N2O4S. The van der Waals surface area contributed by atoms with Crippen LogP contribution >= 0.6 is 11.3 Å². The number of carboxylic acid groups (broad SMARTS) is 1. The zero-order valence-corrected chi connectivity index (χ0v) is 23.7. The van der Waals surface area contributed by atoms with E-state index in [4.69, 9.17) is 9.84 Å². The zero-order valence-electron chi connectivity index (χ0n) is 22.9. The van der Waals surface area contributed by atoms with E-state index in [0.717, 1.165) is 40.2 Å². The van der Waals surface area contributed by atoms with Crippen molar-refractivity contribution in [3.05, 3.63) is 65.7 Å². The molecule has 2 N–H and O–H groups in total. The number of unbranched alkanes of at least 4 members (excludes halogenated alkanes) is 9. The topological polar surface area (TPSA) is 88.5 Å². The quantitative estimate of drug-likeness (QED) is 0.124. The van der Waals surface area contributed by atoms with Gasteiger partial charge in [0.1, 0.15) is 5.75 Å². The maximum Gasteiger partial charge on any atom is 0.341 e. The highest BCUT2D eigenvalue weighted by Crippen LogP contribution is 2.35. The van der Waals surface area contributed by atoms with Crippen molar-refractivity contribution >= 4 is 29.3 Å². The Morgan fingerprint density at radius 3 is 2.13 bits per heavy atom. The van der Waals surface area contributed by atoms with E-state index in [-0.39, 0.29) is 12.5 Å². The number of amides is 1. The van der Waals surface area contributed by atoms with Crippen LogP contribution in [0.25, 0.3) is 27.8 Å². The molecule has 0 aliphatic rings. The van der Waals surface area contributed by atoms with Gasteiger partial charge in [0.2, 0.25) is 5.91 Å². The van der Waals surface area contributed by atoms with Crippen molar-refractivity contribution in [3.63, 3.8) is 0 Å². The Balaban J connectivity index is 1.40. The summed E-state index contributed by atoms with van der Waals surface area (Å²) in [4.78, 5) is 28.4. The van der Waals surface area contributed by atoms with Gasteiger partial charge in [0.05, 0.1) is 16.1 Å². The van der Waals surface area contributed by atoms with Crippen molar-refractivity contribution in [1.29, 1.82) is 0 Å². The summed E-state index contributed by atoms with van der Waals surface area (Å²) in [5.74, 6) is -0.568. The van der Waals surface area contributed by atoms with Gasteiger partial charge in [-0.3, -0.25) is 4.79 Å². The minimum Gasteiger partial charge on any atom is -0.482 e. The first kappa shape index (κ1) is 30.1. The largest absolute Gasteiger partial charge is 0.482 e. The number of carboxylic acids is 1. The summed E-state index contributed by atoms with van der Waals surface area (Å²) in [6, 6.07) is 15.3. The Morgan fingerprint density at radius 1 is 0.872 bits per heavy atom. The summed E-state index contributed by atoms with van der Waals surface area (Å²) >= 11 is 1.56. The predicted molar refractivity (Wildman–Crippen MR) is 160 cm³/mol. The molecule has 1 heterocycles. The lowest BCUT2D eigenvalue weighted by molar-refractivity contribution is -0.139. The van der Waals surface area contributed by atoms with E-state index in [9.17, 15) is 9.59 Å². The molecule has 0 aliphatic heterocycles. The van der Waals surface area contributed by atoms with E-state index < -0.39 is 5.97 Å². The number of rotatable bonds is 18. The number of nitrogens with one attached hydrogen (secondary N) is 1. The Morgan fingerprint density at radius 2 is 1.49 bits per heavy atom. The standard InChI is InChI=1S/C32H40N2O4S/c1-2-3-4-5-6-7-8-9-10-11-22-33-29(35)21-14-25-12-15-27(16-13-25)32-31(34-24-39-32)26-17-19-28(20-18-26)38-23-30(36)37/h12-21,24H,2-11,22-23H2,1H3,(H,33,35)(H,36,37)/b21-14+. The number of hydrogen-bond acceptors (Lipinski definition) is 5. The molecule has 2 aromatic carbocycles. The number of aliphatic carboxylic acids is 1. The molecule has 0 fully saturated rings. The van der Waals surface area contributed by atoms with Crippen LogP contribution in [0.1, 0.15) is 76.7 Å². The van der Waals surface area contributed by atoms with Crippen LogP contribution in [0, 0.1) is 0 Å². The first-order chi connectivity index (χ1) is 19.1. The molecule has 0 aliphatic carbocycles. The maximum atomic E-state index is 12.2. The number of benzene rings is 2. The average Bonchev–Trinajstić information content (AvgIpc) is 3.44.